The zero-order chi connectivity index (χ0) is 20.2. The molecule has 1 aliphatic heterocycles. The lowest BCUT2D eigenvalue weighted by molar-refractivity contribution is 0.631. The average molecular weight is 401 g/mol. The number of imidazole rings is 1. The normalized spacial score (nSPS) is 16.4. The predicted octanol–water partition coefficient (Wildman–Crippen LogP) is 2.38. The van der Waals surface area contributed by atoms with Crippen LogP contribution in [0, 0.1) is 0 Å². The molecule has 146 valence electrons. The smallest absolute Gasteiger partial charge is 0.294 e. The number of aryl methyl sites for hydroxylation is 1. The van der Waals surface area contributed by atoms with Gasteiger partial charge in [0.1, 0.15) is 0 Å². The zero-order valence-electron chi connectivity index (χ0n) is 16.2. The van der Waals surface area contributed by atoms with Crippen molar-refractivity contribution in [1.29, 1.82) is 0 Å². The fourth-order valence-corrected chi connectivity index (χ4v) is 3.73. The Bertz CT molecular complexity index is 1240. The molecule has 28 heavy (non-hydrogen) atoms. The van der Waals surface area contributed by atoms with Gasteiger partial charge in [-0.2, -0.15) is 10.1 Å². The summed E-state index contributed by atoms with van der Waals surface area (Å²) in [7, 11) is 1.63. The third-order valence-electron chi connectivity index (χ3n) is 5.24. The molecule has 0 bridgehead atoms. The summed E-state index contributed by atoms with van der Waals surface area (Å²) in [5.74, 6) is 0.568. The third kappa shape index (κ3) is 2.59. The minimum atomic E-state index is -0.429. The zero-order valence-corrected chi connectivity index (χ0v) is 16.9. The van der Waals surface area contributed by atoms with Crippen molar-refractivity contribution < 1.29 is 0 Å². The molecule has 8 nitrogen and oxygen atoms in total. The highest BCUT2D eigenvalue weighted by molar-refractivity contribution is 6.31. The molecular formula is C19H21ClN6O2. The number of fused-ring (bicyclic) bond motifs is 3. The Morgan fingerprint density at radius 3 is 2.61 bits per heavy atom. The third-order valence-corrected chi connectivity index (χ3v) is 5.61. The van der Waals surface area contributed by atoms with Crippen molar-refractivity contribution >= 4 is 34.4 Å². The van der Waals surface area contributed by atoms with Gasteiger partial charge >= 0.3 is 5.69 Å². The molecule has 3 heterocycles. The molecule has 0 fully saturated rings. The van der Waals surface area contributed by atoms with Crippen LogP contribution in [0.4, 0.5) is 5.95 Å². The quantitative estimate of drug-likeness (QED) is 0.676. The van der Waals surface area contributed by atoms with E-state index in [0.29, 0.717) is 34.2 Å². The minimum Gasteiger partial charge on any atom is -0.294 e. The fraction of sp³-hybridized carbons (Fsp3) is 0.368. The molecule has 0 aliphatic carbocycles. The fourth-order valence-electron chi connectivity index (χ4n) is 3.53. The van der Waals surface area contributed by atoms with Crippen molar-refractivity contribution in [3.05, 3.63) is 55.7 Å². The molecule has 9 heteroatoms. The lowest BCUT2D eigenvalue weighted by atomic mass is 10.2. The number of nitrogens with zero attached hydrogens (tertiary/aromatic N) is 6. The Balaban J connectivity index is 2.02. The van der Waals surface area contributed by atoms with Gasteiger partial charge in [0.2, 0.25) is 5.95 Å². The number of hydrogen-bond acceptors (Lipinski definition) is 5. The molecule has 0 unspecified atom stereocenters. The van der Waals surface area contributed by atoms with Gasteiger partial charge in [-0.25, -0.2) is 9.80 Å². The summed E-state index contributed by atoms with van der Waals surface area (Å²) in [5.41, 5.74) is 1.53. The van der Waals surface area contributed by atoms with Crippen molar-refractivity contribution in [3.63, 3.8) is 0 Å². The van der Waals surface area contributed by atoms with Gasteiger partial charge < -0.3 is 0 Å². The van der Waals surface area contributed by atoms with E-state index in [0.717, 1.165) is 5.71 Å². The standard InChI is InChI=1S/C19H21ClN6O2/c1-5-25-18-21-16-15(26(18)12(3)11(2)22-25)17(27)24(19(28)23(16)4)10-13-8-6-7-9-14(13)20/h6-9,12H,5,10H2,1-4H3/t12-/m1/s1. The van der Waals surface area contributed by atoms with E-state index in [9.17, 15) is 9.59 Å². The van der Waals surface area contributed by atoms with Crippen LogP contribution in [0.15, 0.2) is 39.0 Å². The Labute approximate surface area is 166 Å². The Kier molecular flexibility index (Phi) is 4.38. The van der Waals surface area contributed by atoms with E-state index in [-0.39, 0.29) is 18.1 Å². The van der Waals surface area contributed by atoms with Gasteiger partial charge in [0.05, 0.1) is 18.3 Å². The van der Waals surface area contributed by atoms with Crippen molar-refractivity contribution in [1.82, 2.24) is 18.7 Å². The van der Waals surface area contributed by atoms with Gasteiger partial charge in [-0.15, -0.1) is 0 Å². The maximum atomic E-state index is 13.4. The van der Waals surface area contributed by atoms with Crippen molar-refractivity contribution in [3.8, 4) is 0 Å². The maximum Gasteiger partial charge on any atom is 0.332 e. The van der Waals surface area contributed by atoms with Crippen LogP contribution in [0.3, 0.4) is 0 Å². The molecule has 1 aliphatic rings. The summed E-state index contributed by atoms with van der Waals surface area (Å²) >= 11 is 6.25. The van der Waals surface area contributed by atoms with E-state index in [2.05, 4.69) is 10.1 Å². The van der Waals surface area contributed by atoms with Crippen molar-refractivity contribution in [2.24, 2.45) is 12.1 Å². The molecule has 1 atom stereocenters. The van der Waals surface area contributed by atoms with Gasteiger partial charge in [0.25, 0.3) is 5.56 Å². The van der Waals surface area contributed by atoms with Crippen LogP contribution in [-0.2, 0) is 13.6 Å². The van der Waals surface area contributed by atoms with Crippen LogP contribution in [0.1, 0.15) is 32.4 Å². The molecule has 0 saturated carbocycles. The topological polar surface area (TPSA) is 77.4 Å². The first-order chi connectivity index (χ1) is 13.3. The highest BCUT2D eigenvalue weighted by Crippen LogP contribution is 2.29. The van der Waals surface area contributed by atoms with Crippen LogP contribution in [-0.4, -0.2) is 30.9 Å². The monoisotopic (exact) mass is 400 g/mol. The van der Waals surface area contributed by atoms with Crippen LogP contribution in [0.2, 0.25) is 5.02 Å². The highest BCUT2D eigenvalue weighted by Gasteiger charge is 2.30. The van der Waals surface area contributed by atoms with Gasteiger partial charge in [0.15, 0.2) is 11.2 Å². The minimum absolute atomic E-state index is 0.0978. The molecule has 0 amide bonds. The first-order valence-corrected chi connectivity index (χ1v) is 9.50. The van der Waals surface area contributed by atoms with Gasteiger partial charge in [-0.05, 0) is 32.4 Å². The van der Waals surface area contributed by atoms with E-state index in [4.69, 9.17) is 11.6 Å². The molecule has 3 aromatic rings. The van der Waals surface area contributed by atoms with Crippen molar-refractivity contribution in [2.45, 2.75) is 33.4 Å². The van der Waals surface area contributed by atoms with Gasteiger partial charge in [-0.3, -0.25) is 18.5 Å². The summed E-state index contributed by atoms with van der Waals surface area (Å²) in [6.07, 6.45) is 0. The van der Waals surface area contributed by atoms with E-state index >= 15 is 0 Å². The van der Waals surface area contributed by atoms with E-state index in [1.807, 2.05) is 43.5 Å². The number of halogens is 1. The average Bonchev–Trinajstić information content (AvgIpc) is 3.09. The second-order valence-electron chi connectivity index (χ2n) is 6.91. The molecule has 4 rings (SSSR count). The first-order valence-electron chi connectivity index (χ1n) is 9.13. The number of aromatic nitrogens is 4. The largest absolute Gasteiger partial charge is 0.332 e. The molecule has 0 spiro atoms. The highest BCUT2D eigenvalue weighted by atomic mass is 35.5. The first kappa shape index (κ1) is 18.5. The van der Waals surface area contributed by atoms with E-state index in [1.165, 1.54) is 9.13 Å². The summed E-state index contributed by atoms with van der Waals surface area (Å²) < 4.78 is 4.49. The summed E-state index contributed by atoms with van der Waals surface area (Å²) in [4.78, 5) is 30.9. The molecule has 0 saturated heterocycles. The lowest BCUT2D eigenvalue weighted by Gasteiger charge is -2.28. The summed E-state index contributed by atoms with van der Waals surface area (Å²) in [6, 6.07) is 7.06. The Hall–Kier alpha value is -2.87. The number of rotatable bonds is 3. The second kappa shape index (κ2) is 6.63. The second-order valence-corrected chi connectivity index (χ2v) is 7.32. The number of hydrazone groups is 1. The van der Waals surface area contributed by atoms with Crippen LogP contribution in [0.5, 0.6) is 0 Å². The lowest BCUT2D eigenvalue weighted by Crippen LogP contribution is -2.40. The Morgan fingerprint density at radius 1 is 1.21 bits per heavy atom. The molecular weight excluding hydrogens is 380 g/mol. The summed E-state index contributed by atoms with van der Waals surface area (Å²) in [6.45, 7) is 6.56. The number of hydrogen-bond donors (Lipinski definition) is 0. The molecule has 2 aromatic heterocycles. The maximum absolute atomic E-state index is 13.4. The predicted molar refractivity (Wildman–Crippen MR) is 111 cm³/mol. The van der Waals surface area contributed by atoms with Gasteiger partial charge in [-0.1, -0.05) is 29.8 Å². The molecule has 1 aromatic carbocycles. The van der Waals surface area contributed by atoms with Gasteiger partial charge in [0, 0.05) is 18.6 Å². The molecule has 0 radical (unpaired) electrons. The number of benzene rings is 1. The number of anilines is 1. The van der Waals surface area contributed by atoms with E-state index < -0.39 is 5.69 Å². The summed E-state index contributed by atoms with van der Waals surface area (Å²) in [5, 5.41) is 6.82. The van der Waals surface area contributed by atoms with Crippen LogP contribution < -0.4 is 16.3 Å². The van der Waals surface area contributed by atoms with E-state index in [1.54, 1.807) is 18.1 Å². The van der Waals surface area contributed by atoms with Crippen LogP contribution >= 0.6 is 11.6 Å². The van der Waals surface area contributed by atoms with Crippen molar-refractivity contribution in [2.75, 3.05) is 11.6 Å². The molecule has 0 N–H and O–H groups in total. The van der Waals surface area contributed by atoms with Crippen LogP contribution in [0.25, 0.3) is 11.2 Å². The Morgan fingerprint density at radius 2 is 1.93 bits per heavy atom. The SMILES string of the molecule is CCN1N=C(C)[C@@H](C)n2c1nc1c2c(=O)n(Cc2ccccc2Cl)c(=O)n1C.